The largest absolute Gasteiger partial charge is 0.354 e. The lowest BCUT2D eigenvalue weighted by Crippen LogP contribution is -2.26. The molecule has 1 aromatic heterocycles. The van der Waals surface area contributed by atoms with E-state index in [1.165, 1.54) is 0 Å². The average molecular weight is 254 g/mol. The number of aromatic amines is 1. The number of anilines is 1. The topological polar surface area (TPSA) is 88.9 Å². The molecule has 0 aliphatic carbocycles. The van der Waals surface area contributed by atoms with Crippen LogP contribution in [-0.4, -0.2) is 29.0 Å². The number of fused-ring (bicyclic) bond motifs is 1. The van der Waals surface area contributed by atoms with E-state index in [0.29, 0.717) is 5.82 Å². The predicted molar refractivity (Wildman–Crippen MR) is 74.2 cm³/mol. The highest BCUT2D eigenvalue weighted by atomic mass is 15.2. The maximum absolute atomic E-state index is 8.91. The summed E-state index contributed by atoms with van der Waals surface area (Å²) in [6, 6.07) is 4.03. The molecule has 0 amide bonds. The van der Waals surface area contributed by atoms with E-state index in [4.69, 9.17) is 5.26 Å². The molecular weight excluding hydrogens is 240 g/mol. The average Bonchev–Trinajstić information content (AvgIpc) is 3.03. The highest BCUT2D eigenvalue weighted by Crippen LogP contribution is 2.28. The molecule has 19 heavy (non-hydrogen) atoms. The van der Waals surface area contributed by atoms with Crippen molar-refractivity contribution in [3.8, 4) is 6.07 Å². The standard InChI is InChI=1S/C13H14N6/c1-7-5-9-12(18-10(6-14)17-9)8(2)11(7)19-13-15-3-4-16-13/h5H,3-4H2,1-2H3,(H,17,18)(H2,15,16,19). The molecule has 6 heteroatoms. The van der Waals surface area contributed by atoms with E-state index in [9.17, 15) is 0 Å². The number of nitrogens with one attached hydrogen (secondary N) is 3. The summed E-state index contributed by atoms with van der Waals surface area (Å²) in [5.41, 5.74) is 4.82. The van der Waals surface area contributed by atoms with Crippen LogP contribution in [0.3, 0.4) is 0 Å². The lowest BCUT2D eigenvalue weighted by Gasteiger charge is -2.13. The van der Waals surface area contributed by atoms with Crippen LogP contribution >= 0.6 is 0 Å². The van der Waals surface area contributed by atoms with E-state index in [1.807, 2.05) is 26.0 Å². The molecule has 3 N–H and O–H groups in total. The zero-order valence-electron chi connectivity index (χ0n) is 10.8. The van der Waals surface area contributed by atoms with Crippen molar-refractivity contribution in [3.05, 3.63) is 23.0 Å². The van der Waals surface area contributed by atoms with Gasteiger partial charge in [-0.3, -0.25) is 4.99 Å². The summed E-state index contributed by atoms with van der Waals surface area (Å²) in [6.45, 7) is 5.68. The Hall–Kier alpha value is -2.55. The first-order valence-electron chi connectivity index (χ1n) is 6.14. The van der Waals surface area contributed by atoms with Crippen molar-refractivity contribution in [2.24, 2.45) is 4.99 Å². The number of imidazole rings is 1. The van der Waals surface area contributed by atoms with Crippen molar-refractivity contribution in [1.29, 1.82) is 5.26 Å². The Morgan fingerprint density at radius 1 is 1.42 bits per heavy atom. The molecule has 0 atom stereocenters. The normalized spacial score (nSPS) is 14.1. The quantitative estimate of drug-likeness (QED) is 0.718. The van der Waals surface area contributed by atoms with Gasteiger partial charge in [-0.15, -0.1) is 0 Å². The van der Waals surface area contributed by atoms with E-state index < -0.39 is 0 Å². The van der Waals surface area contributed by atoms with Crippen LogP contribution < -0.4 is 10.6 Å². The number of hydrogen-bond acceptors (Lipinski definition) is 5. The molecule has 6 nitrogen and oxygen atoms in total. The van der Waals surface area contributed by atoms with Crippen LogP contribution in [0.5, 0.6) is 0 Å². The number of H-pyrrole nitrogens is 1. The van der Waals surface area contributed by atoms with Crippen LogP contribution in [0.25, 0.3) is 11.0 Å². The Labute approximate surface area is 110 Å². The molecule has 96 valence electrons. The molecule has 0 saturated heterocycles. The van der Waals surface area contributed by atoms with Gasteiger partial charge in [-0.05, 0) is 25.5 Å². The number of nitrogens with zero attached hydrogens (tertiary/aromatic N) is 3. The molecule has 0 bridgehead atoms. The van der Waals surface area contributed by atoms with Crippen molar-refractivity contribution in [3.63, 3.8) is 0 Å². The Balaban J connectivity index is 2.11. The molecule has 0 radical (unpaired) electrons. The van der Waals surface area contributed by atoms with Gasteiger partial charge in [0.15, 0.2) is 5.96 Å². The highest BCUT2D eigenvalue weighted by molar-refractivity contribution is 5.99. The van der Waals surface area contributed by atoms with Crippen LogP contribution in [0, 0.1) is 25.2 Å². The summed E-state index contributed by atoms with van der Waals surface area (Å²) in [5, 5.41) is 15.4. The lowest BCUT2D eigenvalue weighted by atomic mass is 10.1. The molecule has 1 aliphatic rings. The van der Waals surface area contributed by atoms with Crippen molar-refractivity contribution in [2.45, 2.75) is 13.8 Å². The van der Waals surface area contributed by atoms with Crippen molar-refractivity contribution in [1.82, 2.24) is 15.3 Å². The number of aryl methyl sites for hydroxylation is 2. The second kappa shape index (κ2) is 4.28. The molecular formula is C13H14N6. The van der Waals surface area contributed by atoms with E-state index in [2.05, 4.69) is 25.6 Å². The highest BCUT2D eigenvalue weighted by Gasteiger charge is 2.14. The number of aromatic nitrogens is 2. The first-order valence-corrected chi connectivity index (χ1v) is 6.14. The fourth-order valence-electron chi connectivity index (χ4n) is 2.33. The van der Waals surface area contributed by atoms with Crippen LogP contribution in [-0.2, 0) is 0 Å². The number of guanidine groups is 1. The Kier molecular flexibility index (Phi) is 2.60. The summed E-state index contributed by atoms with van der Waals surface area (Å²) in [4.78, 5) is 11.6. The minimum absolute atomic E-state index is 0.339. The van der Waals surface area contributed by atoms with E-state index >= 15 is 0 Å². The second-order valence-corrected chi connectivity index (χ2v) is 4.57. The minimum atomic E-state index is 0.339. The summed E-state index contributed by atoms with van der Waals surface area (Å²) in [7, 11) is 0. The third-order valence-electron chi connectivity index (χ3n) is 3.24. The van der Waals surface area contributed by atoms with Gasteiger partial charge in [0.1, 0.15) is 6.07 Å². The zero-order valence-corrected chi connectivity index (χ0v) is 10.8. The van der Waals surface area contributed by atoms with Crippen LogP contribution in [0.2, 0.25) is 0 Å². The number of benzene rings is 1. The second-order valence-electron chi connectivity index (χ2n) is 4.57. The van der Waals surface area contributed by atoms with Gasteiger partial charge >= 0.3 is 0 Å². The van der Waals surface area contributed by atoms with Gasteiger partial charge < -0.3 is 15.6 Å². The number of nitriles is 1. The van der Waals surface area contributed by atoms with Crippen molar-refractivity contribution in [2.75, 3.05) is 18.4 Å². The predicted octanol–water partition coefficient (Wildman–Crippen LogP) is 1.42. The van der Waals surface area contributed by atoms with Gasteiger partial charge in [0, 0.05) is 17.8 Å². The van der Waals surface area contributed by atoms with Gasteiger partial charge in [0.05, 0.1) is 17.6 Å². The lowest BCUT2D eigenvalue weighted by molar-refractivity contribution is 0.959. The van der Waals surface area contributed by atoms with E-state index in [0.717, 1.165) is 46.9 Å². The zero-order chi connectivity index (χ0) is 13.4. The Bertz CT molecular complexity index is 719. The third kappa shape index (κ3) is 1.89. The van der Waals surface area contributed by atoms with Gasteiger partial charge in [0.25, 0.3) is 0 Å². The van der Waals surface area contributed by atoms with Crippen molar-refractivity contribution < 1.29 is 0 Å². The molecule has 0 saturated carbocycles. The number of hydrogen-bond donors (Lipinski definition) is 3. The molecule has 1 aliphatic heterocycles. The summed E-state index contributed by atoms with van der Waals surface area (Å²) in [6.07, 6.45) is 0. The first-order chi connectivity index (χ1) is 9.19. The van der Waals surface area contributed by atoms with E-state index in [1.54, 1.807) is 0 Å². The summed E-state index contributed by atoms with van der Waals surface area (Å²) in [5.74, 6) is 1.13. The fraction of sp³-hybridized carbons (Fsp3) is 0.308. The smallest absolute Gasteiger partial charge is 0.211 e. The molecule has 1 aromatic carbocycles. The molecule has 2 aromatic rings. The Morgan fingerprint density at radius 3 is 2.95 bits per heavy atom. The fourth-order valence-corrected chi connectivity index (χ4v) is 2.33. The van der Waals surface area contributed by atoms with Crippen LogP contribution in [0.4, 0.5) is 5.69 Å². The molecule has 2 heterocycles. The van der Waals surface area contributed by atoms with Crippen LogP contribution in [0.1, 0.15) is 17.0 Å². The SMILES string of the molecule is Cc1cc2[nH]c(C#N)nc2c(C)c1NC1=NCCN1. The molecule has 0 unspecified atom stereocenters. The van der Waals surface area contributed by atoms with Crippen molar-refractivity contribution >= 4 is 22.7 Å². The molecule has 0 spiro atoms. The summed E-state index contributed by atoms with van der Waals surface area (Å²) >= 11 is 0. The molecule has 0 fully saturated rings. The molecule has 3 rings (SSSR count). The maximum Gasteiger partial charge on any atom is 0.211 e. The minimum Gasteiger partial charge on any atom is -0.354 e. The van der Waals surface area contributed by atoms with Gasteiger partial charge in [-0.1, -0.05) is 0 Å². The van der Waals surface area contributed by atoms with Gasteiger partial charge in [0.2, 0.25) is 5.82 Å². The first kappa shape index (κ1) is 11.5. The maximum atomic E-state index is 8.91. The van der Waals surface area contributed by atoms with Gasteiger partial charge in [-0.25, -0.2) is 4.98 Å². The third-order valence-corrected chi connectivity index (χ3v) is 3.24. The number of aliphatic imine (C=N–C) groups is 1. The van der Waals surface area contributed by atoms with Gasteiger partial charge in [-0.2, -0.15) is 5.26 Å². The monoisotopic (exact) mass is 254 g/mol. The van der Waals surface area contributed by atoms with E-state index in [-0.39, 0.29) is 0 Å². The van der Waals surface area contributed by atoms with Crippen LogP contribution in [0.15, 0.2) is 11.1 Å². The Morgan fingerprint density at radius 2 is 2.26 bits per heavy atom. The summed E-state index contributed by atoms with van der Waals surface area (Å²) < 4.78 is 0. The number of rotatable bonds is 1.